The minimum Gasteiger partial charge on any atom is -0.304 e. The van der Waals surface area contributed by atoms with Crippen LogP contribution < -0.4 is 5.30 Å². The van der Waals surface area contributed by atoms with Gasteiger partial charge in [-0.05, 0) is 78.6 Å². The highest BCUT2D eigenvalue weighted by atomic mass is 35.5. The summed E-state index contributed by atoms with van der Waals surface area (Å²) < 4.78 is 0. The Balaban J connectivity index is 3.65. The Kier molecular flexibility index (Phi) is 4.81. The lowest BCUT2D eigenvalue weighted by Crippen LogP contribution is -2.39. The third-order valence-electron chi connectivity index (χ3n) is 3.88. The summed E-state index contributed by atoms with van der Waals surface area (Å²) in [7, 11) is -1.61. The number of hydrogen-bond donors (Lipinski definition) is 0. The first-order chi connectivity index (χ1) is 8.45. The van der Waals surface area contributed by atoms with Gasteiger partial charge in [-0.3, -0.25) is 0 Å². The van der Waals surface area contributed by atoms with Crippen LogP contribution in [-0.4, -0.2) is 10.3 Å². The molecule has 0 amide bonds. The van der Waals surface area contributed by atoms with Gasteiger partial charge in [-0.2, -0.15) is 0 Å². The molecule has 0 aliphatic carbocycles. The summed E-state index contributed by atoms with van der Waals surface area (Å²) in [6.07, 6.45) is 0. The molecule has 2 heteroatoms. The summed E-state index contributed by atoms with van der Waals surface area (Å²) in [5.41, 5.74) is 4.65. The molecular weight excluding hydrogens is 271 g/mol. The molecule has 0 saturated heterocycles. The zero-order valence-corrected chi connectivity index (χ0v) is 15.3. The molecule has 0 fully saturated rings. The van der Waals surface area contributed by atoms with Crippen LogP contribution in [0.25, 0.3) is 0 Å². The fraction of sp³-hybridized carbons (Fsp3) is 0.588. The lowest BCUT2D eigenvalue weighted by atomic mass is 10.2. The molecule has 108 valence electrons. The van der Waals surface area contributed by atoms with Gasteiger partial charge in [0, 0.05) is 0 Å². The highest BCUT2D eigenvalue weighted by molar-refractivity contribution is 7.88. The number of benzene rings is 1. The van der Waals surface area contributed by atoms with E-state index >= 15 is 0 Å². The first-order valence-electron chi connectivity index (χ1n) is 6.88. The highest BCUT2D eigenvalue weighted by Gasteiger charge is 2.52. The van der Waals surface area contributed by atoms with E-state index in [0.717, 1.165) is 0 Å². The van der Waals surface area contributed by atoms with Crippen LogP contribution in [0.2, 0.25) is 0 Å². The first kappa shape index (κ1) is 17.0. The normalized spacial score (nSPS) is 13.7. The van der Waals surface area contributed by atoms with E-state index in [0.29, 0.717) is 0 Å². The van der Waals surface area contributed by atoms with Gasteiger partial charge in [0.2, 0.25) is 0 Å². The lowest BCUT2D eigenvalue weighted by molar-refractivity contribution is 0.701. The van der Waals surface area contributed by atoms with Gasteiger partial charge in [0.15, 0.2) is 0 Å². The summed E-state index contributed by atoms with van der Waals surface area (Å²) in [4.78, 5) is 0. The molecule has 0 heterocycles. The molecule has 0 aliphatic rings. The maximum Gasteiger partial charge on any atom is 0.0675 e. The van der Waals surface area contributed by atoms with Gasteiger partial charge in [-0.15, -0.1) is 0 Å². The summed E-state index contributed by atoms with van der Waals surface area (Å²) in [6, 6.07) is 6.89. The fourth-order valence-corrected chi connectivity index (χ4v) is 10.5. The van der Waals surface area contributed by atoms with Crippen molar-refractivity contribution in [3.8, 4) is 0 Å². The molecule has 0 saturated carbocycles. The summed E-state index contributed by atoms with van der Waals surface area (Å²) >= 11 is 6.46. The van der Waals surface area contributed by atoms with Crippen molar-refractivity contribution in [2.24, 2.45) is 0 Å². The number of aryl methyl sites for hydroxylation is 2. The SMILES string of the molecule is Cc1cc(C)cc([P+]([CH-]Cl)(C(C)(C)C)C(C)(C)C)c1. The van der Waals surface area contributed by atoms with Crippen molar-refractivity contribution in [1.29, 1.82) is 0 Å². The van der Waals surface area contributed by atoms with E-state index in [1.54, 1.807) is 0 Å². The molecule has 0 radical (unpaired) electrons. The Morgan fingerprint density at radius 1 is 0.842 bits per heavy atom. The second kappa shape index (κ2) is 5.38. The third-order valence-corrected chi connectivity index (χ3v) is 10.4. The molecule has 19 heavy (non-hydrogen) atoms. The highest BCUT2D eigenvalue weighted by Crippen LogP contribution is 2.78. The molecule has 0 spiro atoms. The van der Waals surface area contributed by atoms with E-state index < -0.39 is 7.26 Å². The number of halogens is 1. The summed E-state index contributed by atoms with van der Waals surface area (Å²) in [5, 5.41) is 1.75. The lowest BCUT2D eigenvalue weighted by Gasteiger charge is -2.52. The fourth-order valence-electron chi connectivity index (χ4n) is 3.28. The Morgan fingerprint density at radius 3 is 1.47 bits per heavy atom. The Labute approximate surface area is 125 Å². The van der Waals surface area contributed by atoms with Crippen molar-refractivity contribution >= 4 is 24.2 Å². The first-order valence-corrected chi connectivity index (χ1v) is 9.17. The Morgan fingerprint density at radius 2 is 1.21 bits per heavy atom. The number of rotatable bonds is 2. The molecule has 0 aromatic heterocycles. The molecule has 1 rings (SSSR count). The molecule has 0 unspecified atom stereocenters. The summed E-state index contributed by atoms with van der Waals surface area (Å²) in [6.45, 7) is 18.3. The molecule has 1 aromatic carbocycles. The molecule has 0 N–H and O–H groups in total. The van der Waals surface area contributed by atoms with Crippen molar-refractivity contribution in [3.05, 3.63) is 34.9 Å². The topological polar surface area (TPSA) is 0 Å². The molecule has 1 aromatic rings. The minimum atomic E-state index is -1.61. The van der Waals surface area contributed by atoms with Gasteiger partial charge < -0.3 is 11.6 Å². The van der Waals surface area contributed by atoms with Crippen molar-refractivity contribution in [2.75, 3.05) is 0 Å². The van der Waals surface area contributed by atoms with Gasteiger partial charge in [0.05, 0.1) is 15.6 Å². The molecular formula is C17H28ClP. The van der Waals surface area contributed by atoms with E-state index in [9.17, 15) is 0 Å². The van der Waals surface area contributed by atoms with E-state index in [4.69, 9.17) is 11.6 Å². The monoisotopic (exact) mass is 298 g/mol. The van der Waals surface area contributed by atoms with Gasteiger partial charge in [-0.1, -0.05) is 18.9 Å². The van der Waals surface area contributed by atoms with Crippen molar-refractivity contribution in [3.63, 3.8) is 0 Å². The average molecular weight is 299 g/mol. The van der Waals surface area contributed by atoms with Crippen molar-refractivity contribution in [2.45, 2.75) is 65.7 Å². The van der Waals surface area contributed by atoms with Crippen molar-refractivity contribution < 1.29 is 0 Å². The second-order valence-electron chi connectivity index (χ2n) is 7.51. The molecule has 0 nitrogen and oxygen atoms in total. The summed E-state index contributed by atoms with van der Waals surface area (Å²) in [5.74, 6) is 0. The smallest absolute Gasteiger partial charge is 0.0675 e. The predicted molar refractivity (Wildman–Crippen MR) is 92.1 cm³/mol. The number of hydrogen-bond acceptors (Lipinski definition) is 0. The molecule has 0 bridgehead atoms. The van der Waals surface area contributed by atoms with Gasteiger partial charge in [0.25, 0.3) is 0 Å². The maximum absolute atomic E-state index is 6.46. The van der Waals surface area contributed by atoms with Crippen LogP contribution >= 0.6 is 18.9 Å². The minimum absolute atomic E-state index is 0.160. The quantitative estimate of drug-likeness (QED) is 0.471. The maximum atomic E-state index is 6.46. The standard InChI is InChI=1S/C17H28ClP/c1-13-9-14(2)11-15(10-13)19(12-18,16(3,4)5)17(6,7)8/h9-12H,1-8H3. The van der Waals surface area contributed by atoms with Crippen LogP contribution in [0.3, 0.4) is 0 Å². The second-order valence-corrected chi connectivity index (χ2v) is 12.9. The Hall–Kier alpha value is -0.0600. The largest absolute Gasteiger partial charge is 0.304 e. The van der Waals surface area contributed by atoms with Crippen LogP contribution in [0, 0.1) is 19.5 Å². The van der Waals surface area contributed by atoms with Crippen LogP contribution in [0.15, 0.2) is 18.2 Å². The van der Waals surface area contributed by atoms with E-state index in [1.165, 1.54) is 16.4 Å². The van der Waals surface area contributed by atoms with Crippen LogP contribution in [-0.2, 0) is 0 Å². The van der Waals surface area contributed by atoms with E-state index in [1.807, 2.05) is 5.62 Å². The molecule has 0 atom stereocenters. The zero-order valence-electron chi connectivity index (χ0n) is 13.6. The van der Waals surface area contributed by atoms with Gasteiger partial charge in [0.1, 0.15) is 0 Å². The average Bonchev–Trinajstić information content (AvgIpc) is 2.12. The molecule has 0 aliphatic heterocycles. The van der Waals surface area contributed by atoms with Crippen LogP contribution in [0.1, 0.15) is 52.7 Å². The van der Waals surface area contributed by atoms with E-state index in [-0.39, 0.29) is 10.3 Å². The van der Waals surface area contributed by atoms with Crippen LogP contribution in [0.4, 0.5) is 0 Å². The third kappa shape index (κ3) is 3.01. The predicted octanol–water partition coefficient (Wildman–Crippen LogP) is 5.90. The zero-order chi connectivity index (χ0) is 15.1. The van der Waals surface area contributed by atoms with Gasteiger partial charge >= 0.3 is 0 Å². The van der Waals surface area contributed by atoms with E-state index in [2.05, 4.69) is 73.6 Å². The van der Waals surface area contributed by atoms with Crippen LogP contribution in [0.5, 0.6) is 0 Å². The van der Waals surface area contributed by atoms with Gasteiger partial charge in [-0.25, -0.2) is 0 Å². The van der Waals surface area contributed by atoms with Crippen molar-refractivity contribution in [1.82, 2.24) is 0 Å². The Bertz CT molecular complexity index is 415.